The standard InChI is InChI=1S/C21H27N5O2/c1-24-8-6-15(11-24)10-22-20(27)17-4-3-5-18-19(17)13-26(21(18)28)9-7-16-12-25(2)14-23-16/h3-5,12,14-15H,6-11,13H2,1-2H3,(H,22,27)/t15-/m0/s1. The maximum Gasteiger partial charge on any atom is 0.254 e. The molecule has 1 N–H and O–H groups in total. The summed E-state index contributed by atoms with van der Waals surface area (Å²) in [6.45, 7) is 3.87. The number of hydrogen-bond acceptors (Lipinski definition) is 4. The molecule has 1 atom stereocenters. The first kappa shape index (κ1) is 18.7. The minimum Gasteiger partial charge on any atom is -0.352 e. The van der Waals surface area contributed by atoms with E-state index in [4.69, 9.17) is 0 Å². The van der Waals surface area contributed by atoms with Crippen LogP contribution in [-0.4, -0.2) is 64.4 Å². The lowest BCUT2D eigenvalue weighted by molar-refractivity contribution is 0.0778. The first-order valence-corrected chi connectivity index (χ1v) is 9.86. The summed E-state index contributed by atoms with van der Waals surface area (Å²) in [6.07, 6.45) is 5.55. The van der Waals surface area contributed by atoms with E-state index in [0.717, 1.165) is 30.8 Å². The molecule has 148 valence electrons. The van der Waals surface area contributed by atoms with Gasteiger partial charge in [-0.1, -0.05) is 6.07 Å². The number of benzene rings is 1. The van der Waals surface area contributed by atoms with Crippen molar-refractivity contribution in [2.45, 2.75) is 19.4 Å². The molecule has 0 bridgehead atoms. The number of nitrogens with one attached hydrogen (secondary N) is 1. The third-order valence-corrected chi connectivity index (χ3v) is 5.72. The molecule has 2 amide bonds. The van der Waals surface area contributed by atoms with E-state index in [1.807, 2.05) is 34.8 Å². The Labute approximate surface area is 165 Å². The molecule has 0 unspecified atom stereocenters. The number of aromatic nitrogens is 2. The van der Waals surface area contributed by atoms with Crippen LogP contribution in [0.25, 0.3) is 0 Å². The van der Waals surface area contributed by atoms with E-state index in [1.54, 1.807) is 12.4 Å². The normalized spacial score (nSPS) is 19.3. The lowest BCUT2D eigenvalue weighted by Gasteiger charge is -2.15. The largest absolute Gasteiger partial charge is 0.352 e. The summed E-state index contributed by atoms with van der Waals surface area (Å²) in [5.74, 6) is 0.422. The molecule has 2 aliphatic rings. The van der Waals surface area contributed by atoms with E-state index in [9.17, 15) is 9.59 Å². The summed E-state index contributed by atoms with van der Waals surface area (Å²) in [4.78, 5) is 34.0. The van der Waals surface area contributed by atoms with E-state index in [0.29, 0.717) is 43.1 Å². The lowest BCUT2D eigenvalue weighted by Crippen LogP contribution is -2.31. The van der Waals surface area contributed by atoms with Crippen molar-refractivity contribution in [3.8, 4) is 0 Å². The molecule has 1 aromatic heterocycles. The second-order valence-corrected chi connectivity index (χ2v) is 7.97. The monoisotopic (exact) mass is 381 g/mol. The van der Waals surface area contributed by atoms with Gasteiger partial charge in [0, 0.05) is 57.0 Å². The van der Waals surface area contributed by atoms with Gasteiger partial charge in [0.2, 0.25) is 0 Å². The SMILES string of the molecule is CN1CC[C@@H](CNC(=O)c2cccc3c2CN(CCc2cn(C)cn2)C3=O)C1. The number of aryl methyl sites for hydroxylation is 1. The summed E-state index contributed by atoms with van der Waals surface area (Å²) in [6, 6.07) is 5.45. The summed E-state index contributed by atoms with van der Waals surface area (Å²) in [7, 11) is 4.04. The number of fused-ring (bicyclic) bond motifs is 1. The van der Waals surface area contributed by atoms with Crippen molar-refractivity contribution in [1.29, 1.82) is 0 Å². The van der Waals surface area contributed by atoms with E-state index in [1.165, 1.54) is 0 Å². The number of nitrogens with zero attached hydrogens (tertiary/aromatic N) is 4. The molecule has 0 radical (unpaired) electrons. The Hall–Kier alpha value is -2.67. The van der Waals surface area contributed by atoms with Gasteiger partial charge in [-0.05, 0) is 43.6 Å². The van der Waals surface area contributed by atoms with E-state index in [2.05, 4.69) is 22.2 Å². The minimum atomic E-state index is -0.0780. The average molecular weight is 381 g/mol. The third kappa shape index (κ3) is 3.80. The number of rotatable bonds is 6. The van der Waals surface area contributed by atoms with Crippen LogP contribution in [0.1, 0.15) is 38.4 Å². The van der Waals surface area contributed by atoms with Crippen LogP contribution in [0.3, 0.4) is 0 Å². The Bertz CT molecular complexity index is 891. The van der Waals surface area contributed by atoms with Crippen LogP contribution in [0.15, 0.2) is 30.7 Å². The van der Waals surface area contributed by atoms with Crippen molar-refractivity contribution in [2.24, 2.45) is 13.0 Å². The van der Waals surface area contributed by atoms with Gasteiger partial charge in [-0.15, -0.1) is 0 Å². The molecule has 0 spiro atoms. The molecule has 1 fully saturated rings. The molecule has 0 aliphatic carbocycles. The highest BCUT2D eigenvalue weighted by Crippen LogP contribution is 2.26. The molecule has 2 aromatic rings. The van der Waals surface area contributed by atoms with Gasteiger partial charge < -0.3 is 19.7 Å². The number of amides is 2. The highest BCUT2D eigenvalue weighted by Gasteiger charge is 2.31. The Balaban J connectivity index is 1.41. The zero-order valence-electron chi connectivity index (χ0n) is 16.5. The van der Waals surface area contributed by atoms with Crippen LogP contribution >= 0.6 is 0 Å². The predicted octanol–water partition coefficient (Wildman–Crippen LogP) is 1.30. The van der Waals surface area contributed by atoms with Crippen LogP contribution in [0, 0.1) is 5.92 Å². The van der Waals surface area contributed by atoms with Gasteiger partial charge in [0.25, 0.3) is 11.8 Å². The van der Waals surface area contributed by atoms with Crippen LogP contribution in [-0.2, 0) is 20.0 Å². The molecule has 1 aromatic carbocycles. The quantitative estimate of drug-likeness (QED) is 0.819. The molecule has 4 rings (SSSR count). The Morgan fingerprint density at radius 2 is 2.18 bits per heavy atom. The topological polar surface area (TPSA) is 70.5 Å². The highest BCUT2D eigenvalue weighted by atomic mass is 16.2. The van der Waals surface area contributed by atoms with E-state index < -0.39 is 0 Å². The first-order chi connectivity index (χ1) is 13.5. The van der Waals surface area contributed by atoms with Crippen LogP contribution in [0.5, 0.6) is 0 Å². The predicted molar refractivity (Wildman–Crippen MR) is 106 cm³/mol. The molecule has 1 saturated heterocycles. The second-order valence-electron chi connectivity index (χ2n) is 7.97. The molecule has 7 heteroatoms. The van der Waals surface area contributed by atoms with E-state index >= 15 is 0 Å². The van der Waals surface area contributed by atoms with Gasteiger partial charge in [0.05, 0.1) is 12.0 Å². The number of likely N-dealkylation sites (tertiary alicyclic amines) is 1. The number of carbonyl (C=O) groups excluding carboxylic acids is 2. The summed E-state index contributed by atoms with van der Waals surface area (Å²) in [5.41, 5.74) is 3.08. The van der Waals surface area contributed by atoms with Gasteiger partial charge in [-0.25, -0.2) is 4.98 Å². The van der Waals surface area contributed by atoms with Crippen molar-refractivity contribution in [1.82, 2.24) is 24.7 Å². The molecule has 28 heavy (non-hydrogen) atoms. The maximum atomic E-state index is 12.8. The summed E-state index contributed by atoms with van der Waals surface area (Å²) < 4.78 is 1.90. The zero-order chi connectivity index (χ0) is 19.7. The van der Waals surface area contributed by atoms with Crippen LogP contribution in [0.2, 0.25) is 0 Å². The van der Waals surface area contributed by atoms with Gasteiger partial charge in [-0.3, -0.25) is 9.59 Å². The Morgan fingerprint density at radius 1 is 1.32 bits per heavy atom. The molecular formula is C21H27N5O2. The molecule has 0 saturated carbocycles. The van der Waals surface area contributed by atoms with Crippen molar-refractivity contribution in [2.75, 3.05) is 33.2 Å². The van der Waals surface area contributed by atoms with Crippen molar-refractivity contribution in [3.63, 3.8) is 0 Å². The fraction of sp³-hybridized carbons (Fsp3) is 0.476. The average Bonchev–Trinajstić information content (AvgIpc) is 3.37. The minimum absolute atomic E-state index is 0.00185. The highest BCUT2D eigenvalue weighted by molar-refractivity contribution is 6.04. The van der Waals surface area contributed by atoms with Gasteiger partial charge in [-0.2, -0.15) is 0 Å². The van der Waals surface area contributed by atoms with Gasteiger partial charge >= 0.3 is 0 Å². The smallest absolute Gasteiger partial charge is 0.254 e. The van der Waals surface area contributed by atoms with Crippen LogP contribution < -0.4 is 5.32 Å². The van der Waals surface area contributed by atoms with Gasteiger partial charge in [0.1, 0.15) is 0 Å². The summed E-state index contributed by atoms with van der Waals surface area (Å²) >= 11 is 0. The van der Waals surface area contributed by atoms with E-state index in [-0.39, 0.29) is 11.8 Å². The first-order valence-electron chi connectivity index (χ1n) is 9.86. The maximum absolute atomic E-state index is 12.8. The second kappa shape index (κ2) is 7.75. The van der Waals surface area contributed by atoms with Crippen molar-refractivity contribution < 1.29 is 9.59 Å². The molecule has 7 nitrogen and oxygen atoms in total. The van der Waals surface area contributed by atoms with Crippen LogP contribution in [0.4, 0.5) is 0 Å². The molecular weight excluding hydrogens is 354 g/mol. The summed E-state index contributed by atoms with van der Waals surface area (Å²) in [5, 5.41) is 3.07. The van der Waals surface area contributed by atoms with Crippen molar-refractivity contribution in [3.05, 3.63) is 53.1 Å². The zero-order valence-corrected chi connectivity index (χ0v) is 16.5. The molecule has 3 heterocycles. The fourth-order valence-corrected chi connectivity index (χ4v) is 4.15. The Kier molecular flexibility index (Phi) is 5.17. The Morgan fingerprint density at radius 3 is 2.89 bits per heavy atom. The molecule has 2 aliphatic heterocycles. The third-order valence-electron chi connectivity index (χ3n) is 5.72. The number of carbonyl (C=O) groups is 2. The van der Waals surface area contributed by atoms with Gasteiger partial charge in [0.15, 0.2) is 0 Å². The number of imidazole rings is 1. The lowest BCUT2D eigenvalue weighted by atomic mass is 10.0. The number of hydrogen-bond donors (Lipinski definition) is 1. The fourth-order valence-electron chi connectivity index (χ4n) is 4.15. The van der Waals surface area contributed by atoms with Crippen molar-refractivity contribution >= 4 is 11.8 Å².